The van der Waals surface area contributed by atoms with Crippen molar-refractivity contribution in [3.05, 3.63) is 45.9 Å². The van der Waals surface area contributed by atoms with Gasteiger partial charge in [-0.1, -0.05) is 22.9 Å². The van der Waals surface area contributed by atoms with Crippen LogP contribution in [-0.4, -0.2) is 43.0 Å². The van der Waals surface area contributed by atoms with Crippen LogP contribution >= 0.6 is 35.3 Å². The molecule has 3 rings (SSSR count). The van der Waals surface area contributed by atoms with Crippen LogP contribution in [0.2, 0.25) is 5.02 Å². The molecule has 0 radical (unpaired) electrons. The molecule has 146 valence electrons. The third-order valence-corrected chi connectivity index (χ3v) is 5.71. The second-order valence-electron chi connectivity index (χ2n) is 6.60. The minimum atomic E-state index is -0.0935. The molecular weight excluding hydrogens is 405 g/mol. The van der Waals surface area contributed by atoms with Gasteiger partial charge in [-0.05, 0) is 58.6 Å². The Bertz CT molecular complexity index is 965. The number of nitrogens with zero attached hydrogens (tertiary/aromatic N) is 3. The summed E-state index contributed by atoms with van der Waals surface area (Å²) in [7, 11) is 3.97. The van der Waals surface area contributed by atoms with Gasteiger partial charge in [0.15, 0.2) is 5.13 Å². The first-order chi connectivity index (χ1) is 12.3. The summed E-state index contributed by atoms with van der Waals surface area (Å²) in [6.45, 7) is 6.88. The molecule has 2 aromatic heterocycles. The van der Waals surface area contributed by atoms with Crippen molar-refractivity contribution in [1.29, 1.82) is 0 Å². The number of aryl methyl sites for hydroxylation is 3. The Hall–Kier alpha value is -1.60. The standard InChI is InChI=1S/C19H22ClN3O2S.ClH/c1-11-10-14(13(3)25-11)18(24)23(9-8-22(4)5)19-21-17-12(2)15(20)6-7-16(17)26-19;/h6-7,10H,8-9H2,1-5H3;1H. The Kier molecular flexibility index (Phi) is 6.92. The number of aromatic nitrogens is 1. The third-order valence-electron chi connectivity index (χ3n) is 4.25. The predicted molar refractivity (Wildman–Crippen MR) is 115 cm³/mol. The Balaban J connectivity index is 0.00000261. The van der Waals surface area contributed by atoms with Crippen molar-refractivity contribution in [3.8, 4) is 0 Å². The van der Waals surface area contributed by atoms with Gasteiger partial charge in [-0.2, -0.15) is 0 Å². The van der Waals surface area contributed by atoms with E-state index in [2.05, 4.69) is 0 Å². The summed E-state index contributed by atoms with van der Waals surface area (Å²) < 4.78 is 6.57. The molecule has 0 saturated heterocycles. The molecule has 1 aromatic carbocycles. The van der Waals surface area contributed by atoms with Crippen LogP contribution in [0.5, 0.6) is 0 Å². The lowest BCUT2D eigenvalue weighted by molar-refractivity contribution is 0.0983. The zero-order chi connectivity index (χ0) is 19.0. The van der Waals surface area contributed by atoms with Gasteiger partial charge in [-0.25, -0.2) is 4.98 Å². The molecule has 0 bridgehead atoms. The second-order valence-corrected chi connectivity index (χ2v) is 8.02. The van der Waals surface area contributed by atoms with Crippen LogP contribution in [0.4, 0.5) is 5.13 Å². The topological polar surface area (TPSA) is 49.6 Å². The summed E-state index contributed by atoms with van der Waals surface area (Å²) in [6, 6.07) is 5.61. The predicted octanol–water partition coefficient (Wildman–Crippen LogP) is 5.10. The van der Waals surface area contributed by atoms with Crippen LogP contribution in [0.25, 0.3) is 10.2 Å². The maximum absolute atomic E-state index is 13.2. The molecular formula is C19H23Cl2N3O2S. The fourth-order valence-corrected chi connectivity index (χ4v) is 3.98. The highest BCUT2D eigenvalue weighted by atomic mass is 35.5. The van der Waals surface area contributed by atoms with Crippen LogP contribution in [0.3, 0.4) is 0 Å². The van der Waals surface area contributed by atoms with Crippen LogP contribution in [0.1, 0.15) is 27.4 Å². The van der Waals surface area contributed by atoms with Crippen molar-refractivity contribution < 1.29 is 9.21 Å². The lowest BCUT2D eigenvalue weighted by Crippen LogP contribution is -2.36. The van der Waals surface area contributed by atoms with Gasteiger partial charge in [-0.15, -0.1) is 12.4 Å². The smallest absolute Gasteiger partial charge is 0.263 e. The summed E-state index contributed by atoms with van der Waals surface area (Å²) in [5.41, 5.74) is 2.36. The number of furan rings is 1. The Morgan fingerprint density at radius 3 is 2.52 bits per heavy atom. The summed E-state index contributed by atoms with van der Waals surface area (Å²) in [4.78, 5) is 21.7. The van der Waals surface area contributed by atoms with Gasteiger partial charge >= 0.3 is 0 Å². The number of carbonyl (C=O) groups is 1. The number of amides is 1. The number of benzene rings is 1. The minimum absolute atomic E-state index is 0. The third kappa shape index (κ3) is 4.46. The number of halogens is 2. The number of rotatable bonds is 5. The first-order valence-electron chi connectivity index (χ1n) is 8.37. The molecule has 2 heterocycles. The molecule has 5 nitrogen and oxygen atoms in total. The number of hydrogen-bond acceptors (Lipinski definition) is 5. The molecule has 27 heavy (non-hydrogen) atoms. The summed E-state index contributed by atoms with van der Waals surface area (Å²) in [5.74, 6) is 1.26. The van der Waals surface area contributed by atoms with Crippen molar-refractivity contribution in [3.63, 3.8) is 0 Å². The molecule has 8 heteroatoms. The van der Waals surface area contributed by atoms with Gasteiger partial charge in [0.05, 0.1) is 15.8 Å². The first-order valence-corrected chi connectivity index (χ1v) is 9.56. The average Bonchev–Trinajstić information content (AvgIpc) is 3.14. The first kappa shape index (κ1) is 21.7. The SMILES string of the molecule is Cc1cc(C(=O)N(CCN(C)C)c2nc3c(C)c(Cl)ccc3s2)c(C)o1.Cl. The van der Waals surface area contributed by atoms with E-state index >= 15 is 0 Å². The number of carbonyl (C=O) groups excluding carboxylic acids is 1. The minimum Gasteiger partial charge on any atom is -0.466 e. The lowest BCUT2D eigenvalue weighted by Gasteiger charge is -2.21. The van der Waals surface area contributed by atoms with E-state index in [1.807, 2.05) is 51.9 Å². The van der Waals surface area contributed by atoms with Crippen molar-refractivity contribution in [2.75, 3.05) is 32.1 Å². The molecule has 0 aliphatic carbocycles. The van der Waals surface area contributed by atoms with Gasteiger partial charge in [-0.3, -0.25) is 9.69 Å². The summed E-state index contributed by atoms with van der Waals surface area (Å²) in [5, 5.41) is 1.36. The number of hydrogen-bond donors (Lipinski definition) is 0. The monoisotopic (exact) mass is 427 g/mol. The average molecular weight is 428 g/mol. The van der Waals surface area contributed by atoms with E-state index in [0.717, 1.165) is 28.1 Å². The van der Waals surface area contributed by atoms with Crippen LogP contribution in [0, 0.1) is 20.8 Å². The number of thiazole rings is 1. The largest absolute Gasteiger partial charge is 0.466 e. The van der Waals surface area contributed by atoms with Crippen molar-refractivity contribution in [2.45, 2.75) is 20.8 Å². The van der Waals surface area contributed by atoms with Gasteiger partial charge < -0.3 is 9.32 Å². The zero-order valence-electron chi connectivity index (χ0n) is 16.0. The fourth-order valence-electron chi connectivity index (χ4n) is 2.78. The molecule has 0 fully saturated rings. The number of fused-ring (bicyclic) bond motifs is 1. The van der Waals surface area contributed by atoms with Crippen LogP contribution < -0.4 is 4.90 Å². The highest BCUT2D eigenvalue weighted by molar-refractivity contribution is 7.22. The van der Waals surface area contributed by atoms with Crippen molar-refractivity contribution in [2.24, 2.45) is 0 Å². The Morgan fingerprint density at radius 2 is 1.93 bits per heavy atom. The van der Waals surface area contributed by atoms with Crippen molar-refractivity contribution in [1.82, 2.24) is 9.88 Å². The van der Waals surface area contributed by atoms with Gasteiger partial charge in [0, 0.05) is 18.1 Å². The second kappa shape index (κ2) is 8.61. The van der Waals surface area contributed by atoms with E-state index in [9.17, 15) is 4.79 Å². The highest BCUT2D eigenvalue weighted by Crippen LogP contribution is 2.34. The van der Waals surface area contributed by atoms with Gasteiger partial charge in [0.1, 0.15) is 11.5 Å². The van der Waals surface area contributed by atoms with Gasteiger partial charge in [0.25, 0.3) is 5.91 Å². The fraction of sp³-hybridized carbons (Fsp3) is 0.368. The highest BCUT2D eigenvalue weighted by Gasteiger charge is 2.25. The quantitative estimate of drug-likeness (QED) is 0.568. The molecule has 3 aromatic rings. The Morgan fingerprint density at radius 1 is 1.22 bits per heavy atom. The van der Waals surface area contributed by atoms with Crippen LogP contribution in [0.15, 0.2) is 22.6 Å². The molecule has 0 unspecified atom stereocenters. The normalized spacial score (nSPS) is 11.1. The van der Waals surface area contributed by atoms with E-state index in [1.54, 1.807) is 11.0 Å². The van der Waals surface area contributed by atoms with Crippen molar-refractivity contribution >= 4 is 56.6 Å². The molecule has 0 N–H and O–H groups in total. The van der Waals surface area contributed by atoms with Crippen LogP contribution in [-0.2, 0) is 0 Å². The molecule has 0 aliphatic rings. The molecule has 1 amide bonds. The molecule has 0 saturated carbocycles. The van der Waals surface area contributed by atoms with Gasteiger partial charge in [0.2, 0.25) is 0 Å². The number of likely N-dealkylation sites (N-methyl/N-ethyl adjacent to an activating group) is 1. The van der Waals surface area contributed by atoms with E-state index < -0.39 is 0 Å². The number of anilines is 1. The summed E-state index contributed by atoms with van der Waals surface area (Å²) >= 11 is 7.73. The molecule has 0 atom stereocenters. The molecule has 0 spiro atoms. The van der Waals surface area contributed by atoms with E-state index in [-0.39, 0.29) is 18.3 Å². The maximum atomic E-state index is 13.2. The maximum Gasteiger partial charge on any atom is 0.263 e. The van der Waals surface area contributed by atoms with E-state index in [1.165, 1.54) is 11.3 Å². The van der Waals surface area contributed by atoms with E-state index in [0.29, 0.717) is 28.0 Å². The lowest BCUT2D eigenvalue weighted by atomic mass is 10.2. The molecule has 0 aliphatic heterocycles. The summed E-state index contributed by atoms with van der Waals surface area (Å²) in [6.07, 6.45) is 0. The zero-order valence-corrected chi connectivity index (χ0v) is 18.4. The Labute approximate surface area is 174 Å². The van der Waals surface area contributed by atoms with E-state index in [4.69, 9.17) is 21.0 Å².